The van der Waals surface area contributed by atoms with Gasteiger partial charge in [-0.2, -0.15) is 5.10 Å². The number of aromatic nitrogens is 2. The van der Waals surface area contributed by atoms with E-state index in [-0.39, 0.29) is 12.6 Å². The van der Waals surface area contributed by atoms with Crippen molar-refractivity contribution in [3.05, 3.63) is 34.3 Å². The molecule has 2 rings (SSSR count). The van der Waals surface area contributed by atoms with Gasteiger partial charge in [0, 0.05) is 16.0 Å². The Balaban J connectivity index is 2.00. The highest BCUT2D eigenvalue weighted by atomic mass is 32.1. The number of aryl methyl sites for hydroxylation is 1. The predicted molar refractivity (Wildman–Crippen MR) is 77.2 cm³/mol. The molecule has 0 aliphatic carbocycles. The van der Waals surface area contributed by atoms with Crippen LogP contribution in [0.5, 0.6) is 0 Å². The number of anilines is 1. The average Bonchev–Trinajstić information content (AvgIpc) is 2.97. The van der Waals surface area contributed by atoms with Crippen molar-refractivity contribution in [1.82, 2.24) is 9.78 Å². The lowest BCUT2D eigenvalue weighted by atomic mass is 10.2. The van der Waals surface area contributed by atoms with E-state index in [0.29, 0.717) is 0 Å². The van der Waals surface area contributed by atoms with Crippen molar-refractivity contribution in [2.75, 3.05) is 5.32 Å². The summed E-state index contributed by atoms with van der Waals surface area (Å²) in [4.78, 5) is 13.5. The Hall–Kier alpha value is -1.82. The molecule has 5 nitrogen and oxygen atoms in total. The van der Waals surface area contributed by atoms with Crippen molar-refractivity contribution < 1.29 is 4.79 Å². The minimum Gasteiger partial charge on any atom is -0.375 e. The molecule has 1 atom stereocenters. The molecule has 6 heteroatoms. The molecule has 1 unspecified atom stereocenters. The van der Waals surface area contributed by atoms with E-state index in [9.17, 15) is 4.79 Å². The zero-order valence-corrected chi connectivity index (χ0v) is 11.9. The van der Waals surface area contributed by atoms with Gasteiger partial charge >= 0.3 is 0 Å². The number of carbonyl (C=O) groups is 1. The van der Waals surface area contributed by atoms with Crippen LogP contribution in [-0.2, 0) is 17.8 Å². The molecule has 1 amide bonds. The van der Waals surface area contributed by atoms with Gasteiger partial charge in [0.2, 0.25) is 5.91 Å². The second-order valence-electron chi connectivity index (χ2n) is 4.42. The van der Waals surface area contributed by atoms with E-state index >= 15 is 0 Å². The fourth-order valence-corrected chi connectivity index (χ4v) is 2.78. The molecule has 0 bridgehead atoms. The Labute approximate surface area is 116 Å². The van der Waals surface area contributed by atoms with E-state index in [0.717, 1.165) is 12.1 Å². The van der Waals surface area contributed by atoms with Crippen LogP contribution in [0.2, 0.25) is 0 Å². The number of thiophene rings is 1. The topological polar surface area (TPSA) is 72.9 Å². The predicted octanol–water partition coefficient (Wildman–Crippen LogP) is 2.17. The van der Waals surface area contributed by atoms with E-state index in [1.807, 2.05) is 11.3 Å². The number of carbonyl (C=O) groups excluding carboxylic acids is 1. The number of hydrogen-bond acceptors (Lipinski definition) is 4. The third-order valence-electron chi connectivity index (χ3n) is 2.79. The summed E-state index contributed by atoms with van der Waals surface area (Å²) >= 11 is 1.81. The van der Waals surface area contributed by atoms with Crippen molar-refractivity contribution >= 4 is 22.9 Å². The smallest absolute Gasteiger partial charge is 0.239 e. The molecule has 3 N–H and O–H groups in total. The summed E-state index contributed by atoms with van der Waals surface area (Å²) in [6, 6.07) is 4.53. The highest BCUT2D eigenvalue weighted by Crippen LogP contribution is 2.26. The van der Waals surface area contributed by atoms with Gasteiger partial charge in [-0.25, -0.2) is 0 Å². The highest BCUT2D eigenvalue weighted by Gasteiger charge is 2.09. The summed E-state index contributed by atoms with van der Waals surface area (Å²) < 4.78 is 1.53. The third kappa shape index (κ3) is 3.57. The number of amides is 1. The zero-order valence-electron chi connectivity index (χ0n) is 11.1. The first-order valence-electron chi connectivity index (χ1n) is 6.24. The maximum Gasteiger partial charge on any atom is 0.239 e. The molecular weight excluding hydrogens is 260 g/mol. The van der Waals surface area contributed by atoms with Gasteiger partial charge in [-0.05, 0) is 25.5 Å². The quantitative estimate of drug-likeness (QED) is 0.850. The number of nitrogens with one attached hydrogen (secondary N) is 1. The van der Waals surface area contributed by atoms with Gasteiger partial charge in [0.05, 0.1) is 17.9 Å². The Kier molecular flexibility index (Phi) is 4.21. The van der Waals surface area contributed by atoms with Gasteiger partial charge in [0.15, 0.2) is 0 Å². The van der Waals surface area contributed by atoms with Gasteiger partial charge in [-0.1, -0.05) is 6.92 Å². The Morgan fingerprint density at radius 3 is 3.00 bits per heavy atom. The van der Waals surface area contributed by atoms with Crippen molar-refractivity contribution in [1.29, 1.82) is 0 Å². The molecule has 0 saturated carbocycles. The van der Waals surface area contributed by atoms with Crippen LogP contribution in [0, 0.1) is 0 Å². The van der Waals surface area contributed by atoms with Crippen LogP contribution in [0.15, 0.2) is 24.5 Å². The molecule has 2 aromatic heterocycles. The first kappa shape index (κ1) is 13.6. The van der Waals surface area contributed by atoms with Crippen LogP contribution >= 0.6 is 11.3 Å². The zero-order chi connectivity index (χ0) is 13.8. The molecule has 2 heterocycles. The number of nitrogens with two attached hydrogens (primary N) is 1. The van der Waals surface area contributed by atoms with Crippen molar-refractivity contribution in [2.45, 2.75) is 32.9 Å². The minimum absolute atomic E-state index is 0.106. The number of nitrogens with zero attached hydrogens (tertiary/aromatic N) is 2. The van der Waals surface area contributed by atoms with Gasteiger partial charge < -0.3 is 11.1 Å². The largest absolute Gasteiger partial charge is 0.375 e. The van der Waals surface area contributed by atoms with E-state index in [1.54, 1.807) is 12.4 Å². The highest BCUT2D eigenvalue weighted by molar-refractivity contribution is 7.12. The van der Waals surface area contributed by atoms with Crippen LogP contribution in [0.1, 0.15) is 29.6 Å². The lowest BCUT2D eigenvalue weighted by molar-refractivity contribution is -0.118. The number of hydrogen-bond donors (Lipinski definition) is 2. The van der Waals surface area contributed by atoms with Crippen molar-refractivity contribution in [3.8, 4) is 0 Å². The molecule has 0 radical (unpaired) electrons. The normalized spacial score (nSPS) is 12.3. The summed E-state index contributed by atoms with van der Waals surface area (Å²) in [7, 11) is 0. The summed E-state index contributed by atoms with van der Waals surface area (Å²) in [6.07, 6.45) is 4.55. The van der Waals surface area contributed by atoms with Crippen LogP contribution in [-0.4, -0.2) is 15.7 Å². The second kappa shape index (κ2) is 5.88. The Morgan fingerprint density at radius 1 is 1.58 bits per heavy atom. The van der Waals surface area contributed by atoms with Crippen LogP contribution in [0.4, 0.5) is 5.69 Å². The minimum atomic E-state index is -0.395. The molecule has 0 spiro atoms. The Bertz CT molecular complexity index is 560. The molecule has 0 aromatic carbocycles. The first-order valence-corrected chi connectivity index (χ1v) is 7.06. The standard InChI is InChI=1S/C13H18N4OS/c1-3-11-4-5-12(19-11)9(2)16-10-6-15-17(7-10)8-13(14)18/h4-7,9,16H,3,8H2,1-2H3,(H2,14,18). The first-order chi connectivity index (χ1) is 9.08. The molecule has 0 saturated heterocycles. The lowest BCUT2D eigenvalue weighted by Gasteiger charge is -2.11. The molecule has 0 fully saturated rings. The summed E-state index contributed by atoms with van der Waals surface area (Å²) in [6.45, 7) is 4.37. The fraction of sp³-hybridized carbons (Fsp3) is 0.385. The van der Waals surface area contributed by atoms with Crippen molar-refractivity contribution in [3.63, 3.8) is 0 Å². The molecule has 0 aliphatic heterocycles. The molecule has 19 heavy (non-hydrogen) atoms. The summed E-state index contributed by atoms with van der Waals surface area (Å²) in [5, 5.41) is 7.45. The SMILES string of the molecule is CCc1ccc(C(C)Nc2cnn(CC(N)=O)c2)s1. The van der Waals surface area contributed by atoms with Crippen LogP contribution < -0.4 is 11.1 Å². The van der Waals surface area contributed by atoms with E-state index in [1.165, 1.54) is 14.4 Å². The number of rotatable bonds is 6. The van der Waals surface area contributed by atoms with Gasteiger partial charge in [0.1, 0.15) is 6.54 Å². The summed E-state index contributed by atoms with van der Waals surface area (Å²) in [5.41, 5.74) is 6.01. The third-order valence-corrected chi connectivity index (χ3v) is 4.20. The van der Waals surface area contributed by atoms with Gasteiger partial charge in [-0.15, -0.1) is 11.3 Å². The van der Waals surface area contributed by atoms with E-state index < -0.39 is 5.91 Å². The second-order valence-corrected chi connectivity index (χ2v) is 5.62. The number of primary amides is 1. The van der Waals surface area contributed by atoms with E-state index in [2.05, 4.69) is 36.4 Å². The average molecular weight is 278 g/mol. The summed E-state index contributed by atoms with van der Waals surface area (Å²) in [5.74, 6) is -0.395. The molecular formula is C13H18N4OS. The van der Waals surface area contributed by atoms with Crippen molar-refractivity contribution in [2.24, 2.45) is 5.73 Å². The molecule has 0 aliphatic rings. The van der Waals surface area contributed by atoms with Crippen LogP contribution in [0.3, 0.4) is 0 Å². The maximum atomic E-state index is 10.8. The Morgan fingerprint density at radius 2 is 2.37 bits per heavy atom. The van der Waals surface area contributed by atoms with E-state index in [4.69, 9.17) is 5.73 Å². The van der Waals surface area contributed by atoms with Crippen LogP contribution in [0.25, 0.3) is 0 Å². The monoisotopic (exact) mass is 278 g/mol. The maximum absolute atomic E-state index is 10.8. The lowest BCUT2D eigenvalue weighted by Crippen LogP contribution is -2.18. The fourth-order valence-electron chi connectivity index (χ4n) is 1.82. The van der Waals surface area contributed by atoms with Gasteiger partial charge in [-0.3, -0.25) is 9.48 Å². The molecule has 2 aromatic rings. The molecule has 102 valence electrons. The van der Waals surface area contributed by atoms with Gasteiger partial charge in [0.25, 0.3) is 0 Å².